The van der Waals surface area contributed by atoms with Crippen LogP contribution in [0, 0.1) is 13.8 Å². The Kier molecular flexibility index (Phi) is 3.32. The van der Waals surface area contributed by atoms with Crippen LogP contribution in [0.15, 0.2) is 36.4 Å². The van der Waals surface area contributed by atoms with Crippen molar-refractivity contribution in [2.75, 3.05) is 6.61 Å². The summed E-state index contributed by atoms with van der Waals surface area (Å²) in [6.07, 6.45) is 0. The minimum absolute atomic E-state index is 0.0384. The summed E-state index contributed by atoms with van der Waals surface area (Å²) in [6, 6.07) is 13.5. The van der Waals surface area contributed by atoms with E-state index < -0.39 is 0 Å². The van der Waals surface area contributed by atoms with Gasteiger partial charge >= 0.3 is 0 Å². The van der Waals surface area contributed by atoms with Crippen molar-refractivity contribution in [2.45, 2.75) is 46.0 Å². The molecule has 0 fully saturated rings. The average Bonchev–Trinajstić information content (AvgIpc) is 2.82. The van der Waals surface area contributed by atoms with Crippen LogP contribution in [0.4, 0.5) is 0 Å². The quantitative estimate of drug-likeness (QED) is 0.741. The van der Waals surface area contributed by atoms with Crippen molar-refractivity contribution in [1.82, 2.24) is 0 Å². The van der Waals surface area contributed by atoms with Crippen LogP contribution in [-0.2, 0) is 5.41 Å². The Labute approximate surface area is 128 Å². The number of aryl methyl sites for hydroxylation is 1. The van der Waals surface area contributed by atoms with Gasteiger partial charge < -0.3 is 4.74 Å². The summed E-state index contributed by atoms with van der Waals surface area (Å²) in [7, 11) is 0. The summed E-state index contributed by atoms with van der Waals surface area (Å²) < 4.78 is 6.06. The normalized spacial score (nSPS) is 20.5. The van der Waals surface area contributed by atoms with Gasteiger partial charge in [0.05, 0.1) is 5.41 Å². The van der Waals surface area contributed by atoms with Crippen LogP contribution in [0.2, 0.25) is 0 Å². The van der Waals surface area contributed by atoms with Gasteiger partial charge in [-0.05, 0) is 48.9 Å². The second-order valence-corrected chi connectivity index (χ2v) is 6.78. The Morgan fingerprint density at radius 3 is 2.29 bits per heavy atom. The minimum Gasteiger partial charge on any atom is -0.492 e. The van der Waals surface area contributed by atoms with E-state index in [2.05, 4.69) is 71.0 Å². The van der Waals surface area contributed by atoms with Crippen molar-refractivity contribution in [2.24, 2.45) is 0 Å². The van der Waals surface area contributed by atoms with Crippen molar-refractivity contribution in [3.05, 3.63) is 64.2 Å². The van der Waals surface area contributed by atoms with E-state index in [9.17, 15) is 0 Å². The standard InChI is InChI=1S/C20H24O/c1-13(2)16-7-9-17(10-8-16)20(5)12-21-19-15(4)14(3)6-11-18(19)20/h6-11,13H,12H2,1-5H3. The lowest BCUT2D eigenvalue weighted by atomic mass is 9.77. The Hall–Kier alpha value is -1.76. The van der Waals surface area contributed by atoms with Gasteiger partial charge in [0.15, 0.2) is 0 Å². The van der Waals surface area contributed by atoms with E-state index in [0.717, 1.165) is 12.4 Å². The molecule has 1 atom stereocenters. The molecule has 1 aliphatic heterocycles. The Morgan fingerprint density at radius 1 is 1.00 bits per heavy atom. The molecule has 0 saturated heterocycles. The number of fused-ring (bicyclic) bond motifs is 1. The van der Waals surface area contributed by atoms with Crippen molar-refractivity contribution < 1.29 is 4.74 Å². The zero-order chi connectivity index (χ0) is 15.2. The van der Waals surface area contributed by atoms with Gasteiger partial charge in [-0.2, -0.15) is 0 Å². The lowest BCUT2D eigenvalue weighted by Crippen LogP contribution is -2.25. The Bertz CT molecular complexity index is 667. The molecule has 0 amide bonds. The van der Waals surface area contributed by atoms with Crippen molar-refractivity contribution in [1.29, 1.82) is 0 Å². The molecule has 1 nitrogen and oxygen atoms in total. The number of benzene rings is 2. The highest BCUT2D eigenvalue weighted by Crippen LogP contribution is 2.45. The maximum atomic E-state index is 6.06. The fraction of sp³-hybridized carbons (Fsp3) is 0.400. The van der Waals surface area contributed by atoms with Gasteiger partial charge in [-0.3, -0.25) is 0 Å². The van der Waals surface area contributed by atoms with E-state index in [1.165, 1.54) is 27.8 Å². The number of ether oxygens (including phenoxy) is 1. The molecule has 0 aliphatic carbocycles. The fourth-order valence-corrected chi connectivity index (χ4v) is 3.18. The molecule has 2 aromatic carbocycles. The molecule has 2 aromatic rings. The highest BCUT2D eigenvalue weighted by Gasteiger charge is 2.38. The van der Waals surface area contributed by atoms with Crippen LogP contribution in [0.5, 0.6) is 5.75 Å². The molecule has 0 spiro atoms. The topological polar surface area (TPSA) is 9.23 Å². The molecule has 0 saturated carbocycles. The van der Waals surface area contributed by atoms with Crippen molar-refractivity contribution in [3.8, 4) is 5.75 Å². The third kappa shape index (κ3) is 2.16. The molecule has 0 bridgehead atoms. The van der Waals surface area contributed by atoms with Crippen LogP contribution >= 0.6 is 0 Å². The second-order valence-electron chi connectivity index (χ2n) is 6.78. The largest absolute Gasteiger partial charge is 0.492 e. The van der Waals surface area contributed by atoms with Crippen LogP contribution in [0.1, 0.15) is 54.5 Å². The maximum absolute atomic E-state index is 6.06. The van der Waals surface area contributed by atoms with Gasteiger partial charge in [0.25, 0.3) is 0 Å². The predicted molar refractivity (Wildman–Crippen MR) is 88.4 cm³/mol. The highest BCUT2D eigenvalue weighted by atomic mass is 16.5. The van der Waals surface area contributed by atoms with Crippen molar-refractivity contribution >= 4 is 0 Å². The van der Waals surface area contributed by atoms with Crippen LogP contribution in [-0.4, -0.2) is 6.61 Å². The summed E-state index contributed by atoms with van der Waals surface area (Å²) >= 11 is 0. The van der Waals surface area contributed by atoms with E-state index in [0.29, 0.717) is 5.92 Å². The SMILES string of the molecule is Cc1ccc2c(c1C)OCC2(C)c1ccc(C(C)C)cc1. The van der Waals surface area contributed by atoms with E-state index in [1.807, 2.05) is 0 Å². The van der Waals surface area contributed by atoms with E-state index >= 15 is 0 Å². The molecule has 110 valence electrons. The van der Waals surface area contributed by atoms with Gasteiger partial charge in [-0.25, -0.2) is 0 Å². The molecule has 1 heteroatoms. The molecule has 0 radical (unpaired) electrons. The van der Waals surface area contributed by atoms with E-state index in [-0.39, 0.29) is 5.41 Å². The molecule has 0 N–H and O–H groups in total. The summed E-state index contributed by atoms with van der Waals surface area (Å²) in [5, 5.41) is 0. The van der Waals surface area contributed by atoms with Crippen LogP contribution in [0.3, 0.4) is 0 Å². The first-order valence-corrected chi connectivity index (χ1v) is 7.77. The summed E-state index contributed by atoms with van der Waals surface area (Å²) in [5.41, 5.74) is 6.59. The second kappa shape index (κ2) is 4.91. The highest BCUT2D eigenvalue weighted by molar-refractivity contribution is 5.55. The molecule has 0 aromatic heterocycles. The van der Waals surface area contributed by atoms with Gasteiger partial charge in [0, 0.05) is 5.56 Å². The lowest BCUT2D eigenvalue weighted by Gasteiger charge is -2.24. The Morgan fingerprint density at radius 2 is 1.67 bits per heavy atom. The van der Waals surface area contributed by atoms with Crippen molar-refractivity contribution in [3.63, 3.8) is 0 Å². The minimum atomic E-state index is -0.0384. The predicted octanol–water partition coefficient (Wildman–Crippen LogP) is 5.13. The number of rotatable bonds is 2. The molecule has 1 heterocycles. The fourth-order valence-electron chi connectivity index (χ4n) is 3.18. The lowest BCUT2D eigenvalue weighted by molar-refractivity contribution is 0.301. The smallest absolute Gasteiger partial charge is 0.126 e. The van der Waals surface area contributed by atoms with E-state index in [4.69, 9.17) is 4.74 Å². The Balaban J connectivity index is 2.06. The molecule has 1 unspecified atom stereocenters. The average molecular weight is 280 g/mol. The first-order valence-electron chi connectivity index (χ1n) is 7.77. The zero-order valence-electron chi connectivity index (χ0n) is 13.7. The first-order chi connectivity index (χ1) is 9.93. The summed E-state index contributed by atoms with van der Waals surface area (Å²) in [5.74, 6) is 1.66. The summed E-state index contributed by atoms with van der Waals surface area (Å²) in [6.45, 7) is 11.8. The zero-order valence-corrected chi connectivity index (χ0v) is 13.7. The summed E-state index contributed by atoms with van der Waals surface area (Å²) in [4.78, 5) is 0. The van der Waals surface area contributed by atoms with Gasteiger partial charge in [0.1, 0.15) is 12.4 Å². The first kappa shape index (κ1) is 14.2. The van der Waals surface area contributed by atoms with E-state index in [1.54, 1.807) is 0 Å². The molecular formula is C20H24O. The maximum Gasteiger partial charge on any atom is 0.126 e. The van der Waals surface area contributed by atoms with Gasteiger partial charge in [-0.15, -0.1) is 0 Å². The monoisotopic (exact) mass is 280 g/mol. The molecule has 3 rings (SSSR count). The third-order valence-electron chi connectivity index (χ3n) is 4.99. The van der Waals surface area contributed by atoms with Gasteiger partial charge in [-0.1, -0.05) is 50.2 Å². The number of hydrogen-bond donors (Lipinski definition) is 0. The third-order valence-corrected chi connectivity index (χ3v) is 4.99. The molecule has 1 aliphatic rings. The molecular weight excluding hydrogens is 256 g/mol. The molecule has 21 heavy (non-hydrogen) atoms. The van der Waals surface area contributed by atoms with Gasteiger partial charge in [0.2, 0.25) is 0 Å². The van der Waals surface area contributed by atoms with Crippen LogP contribution in [0.25, 0.3) is 0 Å². The number of hydrogen-bond acceptors (Lipinski definition) is 1. The van der Waals surface area contributed by atoms with Crippen LogP contribution < -0.4 is 4.74 Å².